The van der Waals surface area contributed by atoms with Crippen LogP contribution in [0.25, 0.3) is 0 Å². The minimum Gasteiger partial charge on any atom is -0.497 e. The molecule has 0 spiro atoms. The summed E-state index contributed by atoms with van der Waals surface area (Å²) in [5, 5.41) is 18.7. The summed E-state index contributed by atoms with van der Waals surface area (Å²) in [4.78, 5) is 26.1. The predicted molar refractivity (Wildman–Crippen MR) is 75.5 cm³/mol. The Balaban J connectivity index is 2.20. The predicted octanol–water partition coefficient (Wildman–Crippen LogP) is 0.771. The van der Waals surface area contributed by atoms with E-state index in [9.17, 15) is 14.7 Å². The summed E-state index contributed by atoms with van der Waals surface area (Å²) < 4.78 is 5.10. The monoisotopic (exact) mass is 294 g/mol. The minimum absolute atomic E-state index is 0.0180. The molecule has 2 rings (SSSR count). The van der Waals surface area contributed by atoms with Gasteiger partial charge in [0.15, 0.2) is 0 Å². The van der Waals surface area contributed by atoms with Crippen molar-refractivity contribution in [3.8, 4) is 5.75 Å². The van der Waals surface area contributed by atoms with Crippen LogP contribution in [0.1, 0.15) is 6.42 Å². The van der Waals surface area contributed by atoms with Crippen LogP contribution in [-0.2, 0) is 4.79 Å². The number of aliphatic carboxylic acids is 1. The molecular weight excluding hydrogens is 276 g/mol. The van der Waals surface area contributed by atoms with Gasteiger partial charge in [-0.2, -0.15) is 0 Å². The molecule has 0 saturated carbocycles. The number of rotatable bonds is 3. The van der Waals surface area contributed by atoms with E-state index in [-0.39, 0.29) is 13.0 Å². The van der Waals surface area contributed by atoms with E-state index in [1.165, 1.54) is 16.9 Å². The number of carboxylic acids is 1. The van der Waals surface area contributed by atoms with Crippen molar-refractivity contribution >= 4 is 17.7 Å². The maximum atomic E-state index is 12.4. The summed E-state index contributed by atoms with van der Waals surface area (Å²) in [5.41, 5.74) is 0.588. The summed E-state index contributed by atoms with van der Waals surface area (Å²) in [6.45, 7) is 0.0180. The van der Waals surface area contributed by atoms with Crippen molar-refractivity contribution < 1.29 is 24.5 Å². The number of aliphatic hydroxyl groups is 1. The van der Waals surface area contributed by atoms with E-state index in [1.54, 1.807) is 31.3 Å². The van der Waals surface area contributed by atoms with Crippen molar-refractivity contribution in [2.75, 3.05) is 25.6 Å². The highest BCUT2D eigenvalue weighted by Gasteiger charge is 2.40. The Morgan fingerprint density at radius 3 is 2.76 bits per heavy atom. The summed E-state index contributed by atoms with van der Waals surface area (Å²) >= 11 is 0. The van der Waals surface area contributed by atoms with Gasteiger partial charge in [-0.3, -0.25) is 4.90 Å². The quantitative estimate of drug-likeness (QED) is 0.859. The Kier molecular flexibility index (Phi) is 4.32. The second-order valence-corrected chi connectivity index (χ2v) is 4.94. The van der Waals surface area contributed by atoms with E-state index in [2.05, 4.69) is 0 Å². The number of carboxylic acid groups (broad SMARTS) is 1. The van der Waals surface area contributed by atoms with Crippen LogP contribution >= 0.6 is 0 Å². The van der Waals surface area contributed by atoms with Gasteiger partial charge >= 0.3 is 12.0 Å². The molecule has 1 heterocycles. The number of ether oxygens (including phenoxy) is 1. The highest BCUT2D eigenvalue weighted by atomic mass is 16.5. The van der Waals surface area contributed by atoms with E-state index in [0.29, 0.717) is 11.4 Å². The molecule has 0 radical (unpaired) electrons. The van der Waals surface area contributed by atoms with Crippen LogP contribution in [0.4, 0.5) is 10.5 Å². The number of anilines is 1. The molecule has 2 atom stereocenters. The lowest BCUT2D eigenvalue weighted by Crippen LogP contribution is -2.47. The second-order valence-electron chi connectivity index (χ2n) is 4.94. The summed E-state index contributed by atoms with van der Waals surface area (Å²) in [6.07, 6.45) is -0.763. The minimum atomic E-state index is -1.11. The van der Waals surface area contributed by atoms with Crippen molar-refractivity contribution in [1.82, 2.24) is 4.90 Å². The van der Waals surface area contributed by atoms with Crippen molar-refractivity contribution in [3.05, 3.63) is 24.3 Å². The third-order valence-corrected chi connectivity index (χ3v) is 3.54. The Labute approximate surface area is 122 Å². The Morgan fingerprint density at radius 2 is 2.14 bits per heavy atom. The normalized spacial score (nSPS) is 21.2. The van der Waals surface area contributed by atoms with Crippen LogP contribution in [0.2, 0.25) is 0 Å². The number of carbonyl (C=O) groups is 2. The first-order chi connectivity index (χ1) is 9.93. The molecule has 1 saturated heterocycles. The van der Waals surface area contributed by atoms with Gasteiger partial charge in [0.2, 0.25) is 0 Å². The standard InChI is InChI=1S/C14H18N2O5/c1-15(9-4-3-5-11(6-9)21-2)14(20)16-8-10(17)7-12(16)13(18)19/h3-6,10,12,17H,7-8H2,1-2H3,(H,18,19)/t10-,12+/m1/s1. The molecule has 0 aromatic heterocycles. The van der Waals surface area contributed by atoms with Gasteiger partial charge in [-0.1, -0.05) is 6.07 Å². The number of urea groups is 1. The molecule has 0 aliphatic carbocycles. The van der Waals surface area contributed by atoms with Crippen LogP contribution in [0.3, 0.4) is 0 Å². The highest BCUT2D eigenvalue weighted by Crippen LogP contribution is 2.24. The van der Waals surface area contributed by atoms with Gasteiger partial charge in [0.05, 0.1) is 13.2 Å². The van der Waals surface area contributed by atoms with Gasteiger partial charge in [0.25, 0.3) is 0 Å². The summed E-state index contributed by atoms with van der Waals surface area (Å²) in [5.74, 6) is -0.512. The van der Waals surface area contributed by atoms with E-state index in [0.717, 1.165) is 0 Å². The van der Waals surface area contributed by atoms with Gasteiger partial charge in [0, 0.05) is 31.8 Å². The average molecular weight is 294 g/mol. The van der Waals surface area contributed by atoms with Crippen LogP contribution in [0, 0.1) is 0 Å². The molecule has 1 aliphatic rings. The molecule has 1 aromatic rings. The lowest BCUT2D eigenvalue weighted by molar-refractivity contribution is -0.141. The molecule has 7 heteroatoms. The van der Waals surface area contributed by atoms with Crippen molar-refractivity contribution in [2.24, 2.45) is 0 Å². The zero-order chi connectivity index (χ0) is 15.6. The first-order valence-corrected chi connectivity index (χ1v) is 6.53. The first kappa shape index (κ1) is 15.1. The van der Waals surface area contributed by atoms with Crippen LogP contribution < -0.4 is 9.64 Å². The fourth-order valence-corrected chi connectivity index (χ4v) is 2.38. The van der Waals surface area contributed by atoms with E-state index in [1.807, 2.05) is 0 Å². The Hall–Kier alpha value is -2.28. The topological polar surface area (TPSA) is 90.3 Å². The molecule has 0 bridgehead atoms. The Morgan fingerprint density at radius 1 is 1.43 bits per heavy atom. The van der Waals surface area contributed by atoms with Crippen LogP contribution in [-0.4, -0.2) is 60.0 Å². The van der Waals surface area contributed by atoms with Crippen molar-refractivity contribution in [2.45, 2.75) is 18.6 Å². The number of likely N-dealkylation sites (tertiary alicyclic amines) is 1. The summed E-state index contributed by atoms with van der Waals surface area (Å²) in [6, 6.07) is 5.43. The van der Waals surface area contributed by atoms with Crippen LogP contribution in [0.5, 0.6) is 5.75 Å². The first-order valence-electron chi connectivity index (χ1n) is 6.53. The molecular formula is C14H18N2O5. The number of hydrogen-bond acceptors (Lipinski definition) is 4. The van der Waals surface area contributed by atoms with Gasteiger partial charge in [0.1, 0.15) is 11.8 Å². The maximum absolute atomic E-state index is 12.4. The number of hydrogen-bond donors (Lipinski definition) is 2. The van der Waals surface area contributed by atoms with Gasteiger partial charge in [-0.15, -0.1) is 0 Å². The molecule has 1 fully saturated rings. The van der Waals surface area contributed by atoms with Gasteiger partial charge in [-0.05, 0) is 12.1 Å². The number of aliphatic hydroxyl groups excluding tert-OH is 1. The SMILES string of the molecule is COc1cccc(N(C)C(=O)N2C[C@H](O)C[C@H]2C(=O)O)c1. The molecule has 7 nitrogen and oxygen atoms in total. The second kappa shape index (κ2) is 6.01. The molecule has 2 amide bonds. The fourth-order valence-electron chi connectivity index (χ4n) is 2.38. The molecule has 21 heavy (non-hydrogen) atoms. The third kappa shape index (κ3) is 3.08. The molecule has 114 valence electrons. The number of methoxy groups -OCH3 is 1. The number of carbonyl (C=O) groups excluding carboxylic acids is 1. The largest absolute Gasteiger partial charge is 0.497 e. The van der Waals surface area contributed by atoms with Gasteiger partial charge < -0.3 is 19.8 Å². The lowest BCUT2D eigenvalue weighted by atomic mass is 10.2. The Bertz CT molecular complexity index is 548. The lowest BCUT2D eigenvalue weighted by Gasteiger charge is -2.27. The highest BCUT2D eigenvalue weighted by molar-refractivity contribution is 5.94. The van der Waals surface area contributed by atoms with E-state index >= 15 is 0 Å². The molecule has 0 unspecified atom stereocenters. The number of β-amino-alcohol motifs (C(OH)–C–C–N with tert-alkyl or cyclic N) is 1. The molecule has 2 N–H and O–H groups in total. The summed E-state index contributed by atoms with van der Waals surface area (Å²) in [7, 11) is 3.08. The number of amides is 2. The van der Waals surface area contributed by atoms with Crippen molar-refractivity contribution in [1.29, 1.82) is 0 Å². The third-order valence-electron chi connectivity index (χ3n) is 3.54. The van der Waals surface area contributed by atoms with E-state index in [4.69, 9.17) is 9.84 Å². The van der Waals surface area contributed by atoms with Crippen molar-refractivity contribution in [3.63, 3.8) is 0 Å². The van der Waals surface area contributed by atoms with Crippen LogP contribution in [0.15, 0.2) is 24.3 Å². The zero-order valence-electron chi connectivity index (χ0n) is 11.9. The number of nitrogens with zero attached hydrogens (tertiary/aromatic N) is 2. The smallest absolute Gasteiger partial charge is 0.326 e. The zero-order valence-corrected chi connectivity index (χ0v) is 11.9. The van der Waals surface area contributed by atoms with E-state index < -0.39 is 24.1 Å². The molecule has 1 aromatic carbocycles. The average Bonchev–Trinajstić information content (AvgIpc) is 2.88. The number of benzene rings is 1. The molecule has 1 aliphatic heterocycles. The fraction of sp³-hybridized carbons (Fsp3) is 0.429. The van der Waals surface area contributed by atoms with Gasteiger partial charge in [-0.25, -0.2) is 9.59 Å². The maximum Gasteiger partial charge on any atom is 0.326 e.